The first-order chi connectivity index (χ1) is 7.91. The van der Waals surface area contributed by atoms with Crippen molar-refractivity contribution in [1.29, 1.82) is 0 Å². The number of hydroxylamine groups is 1. The van der Waals surface area contributed by atoms with Crippen LogP contribution in [0, 0.1) is 5.92 Å². The molecule has 2 N–H and O–H groups in total. The fourth-order valence-corrected chi connectivity index (χ4v) is 3.29. The Bertz CT molecular complexity index is 326. The molecule has 1 fully saturated rings. The van der Waals surface area contributed by atoms with Gasteiger partial charge in [-0.15, -0.1) is 0 Å². The number of hydrogen-bond acceptors (Lipinski definition) is 1. The molecule has 4 rings (SSSR count). The minimum atomic E-state index is 0. The monoisotopic (exact) mass is 299 g/mol. The van der Waals surface area contributed by atoms with Gasteiger partial charge in [0, 0.05) is 12.3 Å². The van der Waals surface area contributed by atoms with Crippen molar-refractivity contribution in [3.63, 3.8) is 0 Å². The summed E-state index contributed by atoms with van der Waals surface area (Å²) in [6, 6.07) is 0. The molecule has 1 aliphatic heterocycles. The Hall–Kier alpha value is -0.120. The minimum Gasteiger partial charge on any atom is -1.00 e. The van der Waals surface area contributed by atoms with Crippen molar-refractivity contribution in [2.75, 3.05) is 6.54 Å². The van der Waals surface area contributed by atoms with Crippen LogP contribution in [0.5, 0.6) is 0 Å². The smallest absolute Gasteiger partial charge is 0.153 e. The summed E-state index contributed by atoms with van der Waals surface area (Å²) in [6.07, 6.45) is 16.1. The highest BCUT2D eigenvalue weighted by molar-refractivity contribution is 5.38. The number of hydrogen-bond donors (Lipinski definition) is 1. The van der Waals surface area contributed by atoms with Gasteiger partial charge < -0.3 is 17.0 Å². The molecular weight excluding hydrogens is 278 g/mol. The second kappa shape index (κ2) is 5.68. The van der Waals surface area contributed by atoms with Crippen LogP contribution in [0.3, 0.4) is 0 Å². The lowest BCUT2D eigenvalue weighted by Gasteiger charge is -2.49. The lowest BCUT2D eigenvalue weighted by atomic mass is 9.60. The zero-order valence-electron chi connectivity index (χ0n) is 10.3. The van der Waals surface area contributed by atoms with E-state index in [9.17, 15) is 0 Å². The molecule has 3 heteroatoms. The molecule has 1 saturated carbocycles. The SMILES string of the molecule is C1=CC2CC3(C1)O[NH2+]CCCCCC/C=C/23.[Br-]. The summed E-state index contributed by atoms with van der Waals surface area (Å²) in [6.45, 7) is 1.13. The molecule has 0 aromatic carbocycles. The molecule has 0 aromatic rings. The van der Waals surface area contributed by atoms with Crippen molar-refractivity contribution in [3.05, 3.63) is 23.8 Å². The van der Waals surface area contributed by atoms with E-state index in [1.807, 2.05) is 0 Å². The number of fused-ring (bicyclic) bond motifs is 1. The lowest BCUT2D eigenvalue weighted by molar-refractivity contribution is -0.913. The van der Waals surface area contributed by atoms with Crippen LogP contribution < -0.4 is 22.5 Å². The molecule has 96 valence electrons. The molecule has 1 heterocycles. The summed E-state index contributed by atoms with van der Waals surface area (Å²) in [7, 11) is 0. The molecule has 1 spiro atoms. The van der Waals surface area contributed by atoms with Gasteiger partial charge in [0.15, 0.2) is 5.60 Å². The topological polar surface area (TPSA) is 25.8 Å². The van der Waals surface area contributed by atoms with Gasteiger partial charge in [0.2, 0.25) is 0 Å². The lowest BCUT2D eigenvalue weighted by Crippen LogP contribution is -3.00. The molecule has 0 aromatic heterocycles. The molecule has 0 amide bonds. The molecule has 2 nitrogen and oxygen atoms in total. The zero-order valence-corrected chi connectivity index (χ0v) is 11.9. The largest absolute Gasteiger partial charge is 1.00 e. The highest BCUT2D eigenvalue weighted by atomic mass is 79.9. The van der Waals surface area contributed by atoms with Crippen molar-refractivity contribution < 1.29 is 27.3 Å². The second-order valence-electron chi connectivity index (χ2n) is 5.37. The van der Waals surface area contributed by atoms with Crippen LogP contribution >= 0.6 is 0 Å². The van der Waals surface area contributed by atoms with Gasteiger partial charge in [0.05, 0.1) is 0 Å². The molecule has 3 aliphatic carbocycles. The van der Waals surface area contributed by atoms with Gasteiger partial charge in [-0.05, 0) is 37.7 Å². The van der Waals surface area contributed by atoms with Gasteiger partial charge in [0.1, 0.15) is 6.54 Å². The van der Waals surface area contributed by atoms with E-state index in [2.05, 4.69) is 23.7 Å². The first kappa shape index (κ1) is 13.3. The van der Waals surface area contributed by atoms with E-state index in [1.54, 1.807) is 5.57 Å². The Morgan fingerprint density at radius 1 is 1.24 bits per heavy atom. The molecule has 0 radical (unpaired) electrons. The number of quaternary nitrogens is 1. The molecule has 4 aliphatic rings. The van der Waals surface area contributed by atoms with Crippen LogP contribution in [0.25, 0.3) is 0 Å². The maximum absolute atomic E-state index is 6.09. The number of rotatable bonds is 0. The average molecular weight is 300 g/mol. The quantitative estimate of drug-likeness (QED) is 0.576. The third-order valence-corrected chi connectivity index (χ3v) is 4.24. The normalized spacial score (nSPS) is 39.8. The summed E-state index contributed by atoms with van der Waals surface area (Å²) < 4.78 is 0. The maximum atomic E-state index is 6.09. The highest BCUT2D eigenvalue weighted by Gasteiger charge is 2.52. The summed E-state index contributed by atoms with van der Waals surface area (Å²) in [5.41, 5.74) is 3.74. The highest BCUT2D eigenvalue weighted by Crippen LogP contribution is 2.51. The fourth-order valence-electron chi connectivity index (χ4n) is 3.29. The predicted molar refractivity (Wildman–Crippen MR) is 63.6 cm³/mol. The van der Waals surface area contributed by atoms with Crippen LogP contribution in [0.4, 0.5) is 0 Å². The van der Waals surface area contributed by atoms with Gasteiger partial charge in [-0.1, -0.05) is 24.6 Å². The Morgan fingerprint density at radius 2 is 2.12 bits per heavy atom. The molecular formula is C14H22BrNO. The zero-order chi connectivity index (χ0) is 10.8. The number of halogens is 1. The van der Waals surface area contributed by atoms with Crippen molar-refractivity contribution in [2.24, 2.45) is 5.92 Å². The van der Waals surface area contributed by atoms with Gasteiger partial charge in [-0.2, -0.15) is 4.84 Å². The Kier molecular flexibility index (Phi) is 4.45. The van der Waals surface area contributed by atoms with Crippen molar-refractivity contribution in [2.45, 2.75) is 50.5 Å². The van der Waals surface area contributed by atoms with Crippen LogP contribution in [0.15, 0.2) is 23.8 Å². The average Bonchev–Trinajstić information content (AvgIpc) is 2.34. The van der Waals surface area contributed by atoms with Gasteiger partial charge >= 0.3 is 0 Å². The molecule has 0 saturated heterocycles. The first-order valence-electron chi connectivity index (χ1n) is 6.77. The molecule has 17 heavy (non-hydrogen) atoms. The minimum absolute atomic E-state index is 0. The van der Waals surface area contributed by atoms with Crippen LogP contribution in [-0.2, 0) is 4.84 Å². The van der Waals surface area contributed by atoms with Gasteiger partial charge in [-0.3, -0.25) is 0 Å². The third kappa shape index (κ3) is 2.51. The second-order valence-corrected chi connectivity index (χ2v) is 5.37. The van der Waals surface area contributed by atoms with E-state index in [0.29, 0.717) is 5.92 Å². The van der Waals surface area contributed by atoms with E-state index in [4.69, 9.17) is 4.84 Å². The van der Waals surface area contributed by atoms with Gasteiger partial charge in [-0.25, -0.2) is 5.48 Å². The van der Waals surface area contributed by atoms with Crippen LogP contribution in [-0.4, -0.2) is 12.1 Å². The number of nitrogens with two attached hydrogens (primary N) is 1. The van der Waals surface area contributed by atoms with E-state index in [-0.39, 0.29) is 22.6 Å². The molecule has 2 unspecified atom stereocenters. The van der Waals surface area contributed by atoms with Gasteiger partial charge in [0.25, 0.3) is 0 Å². The summed E-state index contributed by atoms with van der Waals surface area (Å²) in [5.74, 6) is 0.697. The Labute approximate surface area is 114 Å². The Balaban J connectivity index is 0.00000108. The molecule has 2 bridgehead atoms. The third-order valence-electron chi connectivity index (χ3n) is 4.24. The predicted octanol–water partition coefficient (Wildman–Crippen LogP) is -0.905. The summed E-state index contributed by atoms with van der Waals surface area (Å²) in [4.78, 5) is 6.09. The van der Waals surface area contributed by atoms with Crippen LogP contribution in [0.2, 0.25) is 0 Å². The van der Waals surface area contributed by atoms with Crippen molar-refractivity contribution >= 4 is 0 Å². The van der Waals surface area contributed by atoms with E-state index in [0.717, 1.165) is 13.0 Å². The standard InChI is InChI=1S/C14H21NO.BrH/c1-2-4-8-13-12-7-6-9-14(13,11-12)16-15-10-5-3-1;/h6-8,12,15H,1-5,9-11H2;1H/b13-8-;. The van der Waals surface area contributed by atoms with E-state index in [1.165, 1.54) is 38.5 Å². The van der Waals surface area contributed by atoms with Crippen molar-refractivity contribution in [3.8, 4) is 0 Å². The van der Waals surface area contributed by atoms with E-state index < -0.39 is 0 Å². The maximum Gasteiger partial charge on any atom is 0.153 e. The van der Waals surface area contributed by atoms with Crippen molar-refractivity contribution in [1.82, 2.24) is 0 Å². The van der Waals surface area contributed by atoms with Crippen LogP contribution in [0.1, 0.15) is 44.9 Å². The van der Waals surface area contributed by atoms with E-state index >= 15 is 0 Å². The molecule has 2 atom stereocenters. The summed E-state index contributed by atoms with van der Waals surface area (Å²) >= 11 is 0. The first-order valence-corrected chi connectivity index (χ1v) is 6.77. The fraction of sp³-hybridized carbons (Fsp3) is 0.714. The Morgan fingerprint density at radius 3 is 3.00 bits per heavy atom. The summed E-state index contributed by atoms with van der Waals surface area (Å²) in [5, 5.41) is 0. The number of allylic oxidation sites excluding steroid dienone is 2.